The lowest BCUT2D eigenvalue weighted by molar-refractivity contribution is -0.117. The average molecular weight is 286 g/mol. The van der Waals surface area contributed by atoms with Crippen molar-refractivity contribution in [2.75, 3.05) is 11.6 Å². The predicted octanol–water partition coefficient (Wildman–Crippen LogP) is 2.90. The largest absolute Gasteiger partial charge is 0.313 e. The number of benzene rings is 1. The standard InChI is InChI=1S/C12H13Cl2N3O/c1-7-6-17(16-12(7)15-8(2)18)9-3-4-10(13)11(14)5-9/h3-5,7H,6H2,1-2H3,(H,15,16,18)/t7-/m1/s1. The average Bonchev–Trinajstić information content (AvgIpc) is 2.63. The van der Waals surface area contributed by atoms with E-state index in [4.69, 9.17) is 23.2 Å². The van der Waals surface area contributed by atoms with Gasteiger partial charge in [-0.25, -0.2) is 0 Å². The molecule has 2 rings (SSSR count). The third kappa shape index (κ3) is 2.76. The first-order valence-corrected chi connectivity index (χ1v) is 6.31. The molecule has 4 nitrogen and oxygen atoms in total. The zero-order valence-electron chi connectivity index (χ0n) is 10.1. The van der Waals surface area contributed by atoms with Crippen LogP contribution >= 0.6 is 23.2 Å². The molecule has 0 fully saturated rings. The summed E-state index contributed by atoms with van der Waals surface area (Å²) in [6.45, 7) is 4.18. The van der Waals surface area contributed by atoms with E-state index in [1.807, 2.05) is 13.0 Å². The minimum atomic E-state index is -0.114. The summed E-state index contributed by atoms with van der Waals surface area (Å²) in [6, 6.07) is 5.34. The van der Waals surface area contributed by atoms with Gasteiger partial charge in [0.15, 0.2) is 0 Å². The molecule has 0 aromatic heterocycles. The van der Waals surface area contributed by atoms with Crippen molar-refractivity contribution >= 4 is 40.6 Å². The lowest BCUT2D eigenvalue weighted by Gasteiger charge is -2.14. The van der Waals surface area contributed by atoms with Crippen molar-refractivity contribution in [1.29, 1.82) is 0 Å². The van der Waals surface area contributed by atoms with Crippen LogP contribution in [0.3, 0.4) is 0 Å². The van der Waals surface area contributed by atoms with Crippen molar-refractivity contribution in [2.24, 2.45) is 11.0 Å². The topological polar surface area (TPSA) is 44.7 Å². The second kappa shape index (κ2) is 5.16. The summed E-state index contributed by atoms with van der Waals surface area (Å²) in [5.74, 6) is 0.730. The maximum atomic E-state index is 11.0. The fourth-order valence-corrected chi connectivity index (χ4v) is 2.04. The molecule has 1 aromatic rings. The molecule has 0 saturated carbocycles. The Bertz CT molecular complexity index is 516. The van der Waals surface area contributed by atoms with Crippen LogP contribution < -0.4 is 10.3 Å². The minimum absolute atomic E-state index is 0.114. The van der Waals surface area contributed by atoms with Gasteiger partial charge in [-0.2, -0.15) is 5.10 Å². The van der Waals surface area contributed by atoms with Crippen LogP contribution in [0, 0.1) is 5.92 Å². The van der Waals surface area contributed by atoms with Gasteiger partial charge < -0.3 is 5.32 Å². The second-order valence-corrected chi connectivity index (χ2v) is 5.06. The van der Waals surface area contributed by atoms with Crippen molar-refractivity contribution in [3.8, 4) is 0 Å². The van der Waals surface area contributed by atoms with Gasteiger partial charge >= 0.3 is 0 Å². The van der Waals surface area contributed by atoms with Crippen LogP contribution in [0.25, 0.3) is 0 Å². The van der Waals surface area contributed by atoms with Crippen LogP contribution in [0.15, 0.2) is 23.3 Å². The number of hydrazone groups is 1. The summed E-state index contributed by atoms with van der Waals surface area (Å²) in [5.41, 5.74) is 0.858. The van der Waals surface area contributed by atoms with E-state index in [9.17, 15) is 4.79 Å². The monoisotopic (exact) mass is 285 g/mol. The van der Waals surface area contributed by atoms with E-state index in [-0.39, 0.29) is 11.8 Å². The second-order valence-electron chi connectivity index (χ2n) is 4.25. The number of carbonyl (C=O) groups excluding carboxylic acids is 1. The number of halogens is 2. The Hall–Kier alpha value is -1.26. The van der Waals surface area contributed by atoms with Crippen molar-refractivity contribution in [3.05, 3.63) is 28.2 Å². The number of hydrogen-bond donors (Lipinski definition) is 1. The van der Waals surface area contributed by atoms with E-state index in [2.05, 4.69) is 10.4 Å². The highest BCUT2D eigenvalue weighted by Gasteiger charge is 2.24. The first-order valence-electron chi connectivity index (χ1n) is 5.56. The lowest BCUT2D eigenvalue weighted by Crippen LogP contribution is -2.31. The van der Waals surface area contributed by atoms with Crippen LogP contribution in [0.1, 0.15) is 13.8 Å². The third-order valence-corrected chi connectivity index (χ3v) is 3.39. The van der Waals surface area contributed by atoms with Gasteiger partial charge in [0.2, 0.25) is 5.91 Å². The fourth-order valence-electron chi connectivity index (χ4n) is 1.75. The Kier molecular flexibility index (Phi) is 3.78. The summed E-state index contributed by atoms with van der Waals surface area (Å²) in [4.78, 5) is 11.0. The van der Waals surface area contributed by atoms with Gasteiger partial charge in [-0.05, 0) is 18.2 Å². The number of nitrogens with zero attached hydrogens (tertiary/aromatic N) is 2. The smallest absolute Gasteiger partial charge is 0.222 e. The Labute approximate surface area is 116 Å². The molecule has 6 heteroatoms. The summed E-state index contributed by atoms with van der Waals surface area (Å²) in [5, 5.41) is 9.90. The molecule has 0 spiro atoms. The molecule has 0 bridgehead atoms. The van der Waals surface area contributed by atoms with Crippen LogP contribution in [-0.2, 0) is 4.79 Å². The normalized spacial score (nSPS) is 18.8. The Morgan fingerprint density at radius 2 is 2.17 bits per heavy atom. The summed E-state index contributed by atoms with van der Waals surface area (Å²) < 4.78 is 0. The predicted molar refractivity (Wildman–Crippen MR) is 74.2 cm³/mol. The number of nitrogens with one attached hydrogen (secondary N) is 1. The highest BCUT2D eigenvalue weighted by Crippen LogP contribution is 2.29. The van der Waals surface area contributed by atoms with Crippen molar-refractivity contribution < 1.29 is 4.79 Å². The van der Waals surface area contributed by atoms with Gasteiger partial charge in [0.05, 0.1) is 22.3 Å². The van der Waals surface area contributed by atoms with Gasteiger partial charge in [0.1, 0.15) is 5.84 Å². The molecule has 0 unspecified atom stereocenters. The highest BCUT2D eigenvalue weighted by atomic mass is 35.5. The van der Waals surface area contributed by atoms with Crippen molar-refractivity contribution in [3.63, 3.8) is 0 Å². The van der Waals surface area contributed by atoms with E-state index in [0.29, 0.717) is 22.4 Å². The van der Waals surface area contributed by atoms with Crippen LogP contribution in [-0.4, -0.2) is 18.3 Å². The molecule has 1 N–H and O–H groups in total. The molecule has 1 heterocycles. The van der Waals surface area contributed by atoms with Crippen molar-refractivity contribution in [2.45, 2.75) is 13.8 Å². The first kappa shape index (κ1) is 13.2. The molecule has 1 aromatic carbocycles. The number of amidine groups is 1. The molecule has 0 aliphatic carbocycles. The first-order chi connectivity index (χ1) is 8.47. The van der Waals surface area contributed by atoms with Gasteiger partial charge in [-0.15, -0.1) is 0 Å². The van der Waals surface area contributed by atoms with E-state index in [1.165, 1.54) is 6.92 Å². The van der Waals surface area contributed by atoms with Gasteiger partial charge in [0.25, 0.3) is 0 Å². The highest BCUT2D eigenvalue weighted by molar-refractivity contribution is 6.42. The fraction of sp³-hybridized carbons (Fsp3) is 0.333. The molecular formula is C12H13Cl2N3O. The van der Waals surface area contributed by atoms with E-state index >= 15 is 0 Å². The number of anilines is 1. The van der Waals surface area contributed by atoms with E-state index in [0.717, 1.165) is 5.69 Å². The van der Waals surface area contributed by atoms with Crippen molar-refractivity contribution in [1.82, 2.24) is 5.32 Å². The Morgan fingerprint density at radius 3 is 2.78 bits per heavy atom. The number of amides is 1. The number of carbonyl (C=O) groups is 1. The third-order valence-electron chi connectivity index (χ3n) is 2.65. The quantitative estimate of drug-likeness (QED) is 0.862. The number of hydrogen-bond acceptors (Lipinski definition) is 3. The summed E-state index contributed by atoms with van der Waals surface area (Å²) in [6.07, 6.45) is 0. The van der Waals surface area contributed by atoms with Crippen LogP contribution in [0.2, 0.25) is 10.0 Å². The minimum Gasteiger partial charge on any atom is -0.313 e. The summed E-state index contributed by atoms with van der Waals surface area (Å²) in [7, 11) is 0. The molecule has 1 aliphatic heterocycles. The van der Waals surface area contributed by atoms with E-state index < -0.39 is 0 Å². The molecule has 0 radical (unpaired) electrons. The van der Waals surface area contributed by atoms with Crippen LogP contribution in [0.5, 0.6) is 0 Å². The zero-order valence-corrected chi connectivity index (χ0v) is 11.6. The maximum absolute atomic E-state index is 11.0. The molecule has 18 heavy (non-hydrogen) atoms. The zero-order chi connectivity index (χ0) is 13.3. The van der Waals surface area contributed by atoms with Gasteiger partial charge in [-0.3, -0.25) is 9.80 Å². The van der Waals surface area contributed by atoms with Crippen LogP contribution in [0.4, 0.5) is 5.69 Å². The van der Waals surface area contributed by atoms with E-state index in [1.54, 1.807) is 17.1 Å². The SMILES string of the molecule is CC(=O)NC1=NN(c2ccc(Cl)c(Cl)c2)C[C@H]1C. The molecular weight excluding hydrogens is 273 g/mol. The maximum Gasteiger partial charge on any atom is 0.222 e. The molecule has 0 saturated heterocycles. The Balaban J connectivity index is 2.22. The molecule has 1 amide bonds. The molecule has 1 atom stereocenters. The Morgan fingerprint density at radius 1 is 1.44 bits per heavy atom. The lowest BCUT2D eigenvalue weighted by atomic mass is 10.1. The molecule has 1 aliphatic rings. The number of rotatable bonds is 1. The summed E-state index contributed by atoms with van der Waals surface area (Å²) >= 11 is 11.8. The molecule has 96 valence electrons. The van der Waals surface area contributed by atoms with Gasteiger partial charge in [0, 0.05) is 12.8 Å². The van der Waals surface area contributed by atoms with Gasteiger partial charge in [-0.1, -0.05) is 30.1 Å².